The normalized spacial score (nSPS) is 22.3. The smallest absolute Gasteiger partial charge is 0.351 e. The number of nitrogens with zero attached hydrogens (tertiary/aromatic N) is 4. The fraction of sp³-hybridized carbons (Fsp3) is 0.667. The highest BCUT2D eigenvalue weighted by atomic mass is 127. The van der Waals surface area contributed by atoms with Crippen molar-refractivity contribution in [3.8, 4) is 0 Å². The van der Waals surface area contributed by atoms with Gasteiger partial charge in [-0.3, -0.25) is 4.57 Å². The molecule has 174 valence electrons. The lowest BCUT2D eigenvalue weighted by atomic mass is 10.2. The Labute approximate surface area is 200 Å². The van der Waals surface area contributed by atoms with Gasteiger partial charge in [-0.25, -0.2) is 9.79 Å². The third-order valence-electron chi connectivity index (χ3n) is 5.63. The van der Waals surface area contributed by atoms with Crippen molar-refractivity contribution in [1.82, 2.24) is 14.5 Å². The van der Waals surface area contributed by atoms with Crippen LogP contribution in [0.25, 0.3) is 0 Å². The maximum atomic E-state index is 12.7. The van der Waals surface area contributed by atoms with Crippen molar-refractivity contribution in [3.63, 3.8) is 0 Å². The first kappa shape index (κ1) is 26.2. The van der Waals surface area contributed by atoms with Crippen LogP contribution in [0.5, 0.6) is 0 Å². The summed E-state index contributed by atoms with van der Waals surface area (Å²) in [6, 6.07) is 0. The summed E-state index contributed by atoms with van der Waals surface area (Å²) in [5, 5.41) is 0.0996. The van der Waals surface area contributed by atoms with E-state index in [-0.39, 0.29) is 17.2 Å². The van der Waals surface area contributed by atoms with Crippen LogP contribution in [0.1, 0.15) is 33.4 Å². The fourth-order valence-electron chi connectivity index (χ4n) is 2.80. The lowest BCUT2D eigenvalue weighted by Crippen LogP contribution is -2.44. The summed E-state index contributed by atoms with van der Waals surface area (Å²) in [4.78, 5) is 22.9. The third-order valence-corrected chi connectivity index (χ3v) is 10.9. The number of rotatable bonds is 9. The molecular formula is C21H35IN4O4Si. The Balaban J connectivity index is 2.22. The van der Waals surface area contributed by atoms with Crippen LogP contribution < -0.4 is 5.69 Å². The number of aromatic nitrogens is 2. The van der Waals surface area contributed by atoms with Crippen LogP contribution in [-0.4, -0.2) is 68.6 Å². The van der Waals surface area contributed by atoms with Gasteiger partial charge in [-0.15, -0.1) is 6.58 Å². The maximum absolute atomic E-state index is 12.7. The zero-order chi connectivity index (χ0) is 23.4. The van der Waals surface area contributed by atoms with Crippen molar-refractivity contribution in [2.75, 3.05) is 27.3 Å². The monoisotopic (exact) mass is 562 g/mol. The highest BCUT2D eigenvalue weighted by Gasteiger charge is 2.42. The molecule has 0 spiro atoms. The van der Waals surface area contributed by atoms with Crippen LogP contribution in [0.4, 0.5) is 5.82 Å². The van der Waals surface area contributed by atoms with Crippen molar-refractivity contribution in [1.29, 1.82) is 0 Å². The molecule has 1 aromatic heterocycles. The summed E-state index contributed by atoms with van der Waals surface area (Å²) in [6.45, 7) is 15.6. The van der Waals surface area contributed by atoms with Crippen molar-refractivity contribution < 1.29 is 13.9 Å². The van der Waals surface area contributed by atoms with Crippen LogP contribution in [0.2, 0.25) is 18.1 Å². The molecule has 3 atom stereocenters. The Morgan fingerprint density at radius 3 is 2.71 bits per heavy atom. The van der Waals surface area contributed by atoms with Gasteiger partial charge in [0.05, 0.1) is 29.2 Å². The van der Waals surface area contributed by atoms with Gasteiger partial charge in [0.15, 0.2) is 14.1 Å². The largest absolute Gasteiger partial charge is 0.414 e. The number of halogens is 1. The van der Waals surface area contributed by atoms with Gasteiger partial charge in [0.2, 0.25) is 0 Å². The van der Waals surface area contributed by atoms with Gasteiger partial charge >= 0.3 is 5.69 Å². The summed E-state index contributed by atoms with van der Waals surface area (Å²) in [5.41, 5.74) is -0.398. The fourth-order valence-corrected chi connectivity index (χ4v) is 4.37. The highest BCUT2D eigenvalue weighted by molar-refractivity contribution is 14.1. The van der Waals surface area contributed by atoms with Gasteiger partial charge < -0.3 is 18.8 Å². The van der Waals surface area contributed by atoms with E-state index in [1.165, 1.54) is 4.57 Å². The van der Waals surface area contributed by atoms with Gasteiger partial charge in [0, 0.05) is 26.7 Å². The molecule has 0 amide bonds. The van der Waals surface area contributed by atoms with Gasteiger partial charge in [-0.2, -0.15) is 4.98 Å². The summed E-state index contributed by atoms with van der Waals surface area (Å²) in [6.07, 6.45) is 4.69. The SMILES string of the molecule is C=CCOC1C[C@H](n2cc(I)c(/N=C/N(C)C)nc2=O)O[C@@H]1CO[Si](C)(C)C(C)(C)C. The molecule has 0 aromatic carbocycles. The molecule has 0 N–H and O–H groups in total. The van der Waals surface area contributed by atoms with Crippen LogP contribution in [-0.2, 0) is 13.9 Å². The van der Waals surface area contributed by atoms with E-state index in [0.29, 0.717) is 25.5 Å². The first-order valence-corrected chi connectivity index (χ1v) is 14.4. The first-order chi connectivity index (χ1) is 14.4. The Morgan fingerprint density at radius 1 is 1.45 bits per heavy atom. The Morgan fingerprint density at radius 2 is 2.13 bits per heavy atom. The van der Waals surface area contributed by atoms with E-state index >= 15 is 0 Å². The number of hydrogen-bond acceptors (Lipinski definition) is 6. The molecule has 8 nitrogen and oxygen atoms in total. The molecule has 10 heteroatoms. The molecule has 1 aliphatic heterocycles. The molecule has 1 fully saturated rings. The lowest BCUT2D eigenvalue weighted by Gasteiger charge is -2.37. The predicted molar refractivity (Wildman–Crippen MR) is 135 cm³/mol. The van der Waals surface area contributed by atoms with Crippen LogP contribution in [0.15, 0.2) is 28.6 Å². The number of ether oxygens (including phenoxy) is 2. The van der Waals surface area contributed by atoms with Gasteiger partial charge in [0.1, 0.15) is 12.3 Å². The van der Waals surface area contributed by atoms with E-state index in [4.69, 9.17) is 13.9 Å². The maximum Gasteiger partial charge on any atom is 0.351 e. The molecule has 1 saturated heterocycles. The van der Waals surface area contributed by atoms with E-state index in [0.717, 1.165) is 3.57 Å². The average molecular weight is 563 g/mol. The molecule has 1 aromatic rings. The van der Waals surface area contributed by atoms with E-state index in [1.807, 2.05) is 14.1 Å². The average Bonchev–Trinajstić information content (AvgIpc) is 3.07. The summed E-state index contributed by atoms with van der Waals surface area (Å²) in [5.74, 6) is 0.394. The summed E-state index contributed by atoms with van der Waals surface area (Å²) < 4.78 is 20.9. The third kappa shape index (κ3) is 6.95. The minimum atomic E-state index is -1.94. The molecule has 0 radical (unpaired) electrons. The van der Waals surface area contributed by atoms with Crippen molar-refractivity contribution in [2.45, 2.75) is 63.8 Å². The predicted octanol–water partition coefficient (Wildman–Crippen LogP) is 3.95. The molecule has 2 rings (SSSR count). The zero-order valence-corrected chi connectivity index (χ0v) is 22.7. The number of hydrogen-bond donors (Lipinski definition) is 0. The van der Waals surface area contributed by atoms with Gasteiger partial charge in [-0.05, 0) is 40.7 Å². The Hall–Kier alpha value is -1.08. The van der Waals surface area contributed by atoms with E-state index < -0.39 is 20.2 Å². The standard InChI is InChI=1S/C21H35IN4O4Si/c1-9-10-28-16-11-18(30-17(16)13-29-31(7,8)21(2,3)4)26-12-15(22)19(24-20(26)27)23-14-25(5)6/h9,12,14,16-18H,1,10-11,13H2,2-8H3/b23-14+/t16?,17-,18-/m1/s1. The molecule has 31 heavy (non-hydrogen) atoms. The van der Waals surface area contributed by atoms with Gasteiger partial charge in [-0.1, -0.05) is 26.8 Å². The second-order valence-corrected chi connectivity index (χ2v) is 15.4. The number of aliphatic imine (C=N–C) groups is 1. The van der Waals surface area contributed by atoms with Crippen LogP contribution >= 0.6 is 22.6 Å². The zero-order valence-electron chi connectivity index (χ0n) is 19.6. The van der Waals surface area contributed by atoms with Crippen molar-refractivity contribution in [2.24, 2.45) is 4.99 Å². The van der Waals surface area contributed by atoms with Crippen LogP contribution in [0, 0.1) is 3.57 Å². The Kier molecular flexibility index (Phi) is 9.02. The second kappa shape index (κ2) is 10.7. The van der Waals surface area contributed by atoms with E-state index in [1.54, 1.807) is 23.5 Å². The minimum Gasteiger partial charge on any atom is -0.414 e. The summed E-state index contributed by atoms with van der Waals surface area (Å²) >= 11 is 2.13. The van der Waals surface area contributed by atoms with Crippen molar-refractivity contribution in [3.05, 3.63) is 32.9 Å². The van der Waals surface area contributed by atoms with Crippen LogP contribution in [0.3, 0.4) is 0 Å². The summed E-state index contributed by atoms with van der Waals surface area (Å²) in [7, 11) is 1.78. The van der Waals surface area contributed by atoms with E-state index in [9.17, 15) is 4.79 Å². The quantitative estimate of drug-likeness (QED) is 0.149. The topological polar surface area (TPSA) is 78.2 Å². The molecular weight excluding hydrogens is 527 g/mol. The molecule has 1 unspecified atom stereocenters. The van der Waals surface area contributed by atoms with Crippen molar-refractivity contribution >= 4 is 43.1 Å². The second-order valence-electron chi connectivity index (χ2n) is 9.41. The molecule has 0 bridgehead atoms. The lowest BCUT2D eigenvalue weighted by molar-refractivity contribution is -0.0556. The van der Waals surface area contributed by atoms with E-state index in [2.05, 4.69) is 73.0 Å². The Bertz CT molecular complexity index is 851. The molecule has 2 heterocycles. The molecule has 0 aliphatic carbocycles. The highest BCUT2D eigenvalue weighted by Crippen LogP contribution is 2.38. The minimum absolute atomic E-state index is 0.0996. The van der Waals surface area contributed by atoms with Gasteiger partial charge in [0.25, 0.3) is 0 Å². The molecule has 1 aliphatic rings. The first-order valence-electron chi connectivity index (χ1n) is 10.4. The molecule has 0 saturated carbocycles.